The lowest BCUT2D eigenvalue weighted by molar-refractivity contribution is -0.116. The van der Waals surface area contributed by atoms with Crippen molar-refractivity contribution < 1.29 is 14.3 Å². The summed E-state index contributed by atoms with van der Waals surface area (Å²) in [7, 11) is 0. The number of fused-ring (bicyclic) bond motifs is 1. The molecular weight excluding hydrogens is 524 g/mol. The highest BCUT2D eigenvalue weighted by molar-refractivity contribution is 5.91. The van der Waals surface area contributed by atoms with E-state index in [-0.39, 0.29) is 29.4 Å². The maximum Gasteiger partial charge on any atom is 0.343 e. The van der Waals surface area contributed by atoms with Gasteiger partial charge in [-0.05, 0) is 72.4 Å². The summed E-state index contributed by atoms with van der Waals surface area (Å²) in [6.45, 7) is 2.64. The first-order chi connectivity index (χ1) is 20.5. The number of aromatic nitrogens is 1. The minimum atomic E-state index is -0.484. The number of nitrogens with zero attached hydrogens (tertiary/aromatic N) is 1. The molecule has 3 aromatic carbocycles. The van der Waals surface area contributed by atoms with Crippen molar-refractivity contribution in [3.8, 4) is 5.75 Å². The minimum Gasteiger partial charge on any atom is -0.507 e. The number of benzene rings is 3. The van der Waals surface area contributed by atoms with E-state index in [1.807, 2.05) is 60.8 Å². The fourth-order valence-corrected chi connectivity index (χ4v) is 6.04. The molecule has 2 heterocycles. The van der Waals surface area contributed by atoms with Crippen LogP contribution in [0.25, 0.3) is 10.9 Å². The molecule has 1 amide bonds. The molecule has 1 aliphatic rings. The van der Waals surface area contributed by atoms with E-state index >= 15 is 0 Å². The molecule has 1 saturated carbocycles. The largest absolute Gasteiger partial charge is 0.507 e. The molecule has 42 heavy (non-hydrogen) atoms. The second kappa shape index (κ2) is 12.1. The maximum atomic E-state index is 13.4. The van der Waals surface area contributed by atoms with Crippen LogP contribution in [0, 0.1) is 5.92 Å². The Labute approximate surface area is 245 Å². The predicted octanol–water partition coefficient (Wildman–Crippen LogP) is 7.61. The predicted molar refractivity (Wildman–Crippen MR) is 166 cm³/mol. The summed E-state index contributed by atoms with van der Waals surface area (Å²) in [5.74, 6) is 0.347. The van der Waals surface area contributed by atoms with Gasteiger partial charge in [-0.25, -0.2) is 4.79 Å². The minimum absolute atomic E-state index is 0.0116. The van der Waals surface area contributed by atoms with Crippen molar-refractivity contribution in [1.29, 1.82) is 0 Å². The van der Waals surface area contributed by atoms with Crippen molar-refractivity contribution in [2.45, 2.75) is 57.4 Å². The van der Waals surface area contributed by atoms with Crippen LogP contribution in [0.3, 0.4) is 0 Å². The Balaban J connectivity index is 1.20. The molecule has 1 fully saturated rings. The summed E-state index contributed by atoms with van der Waals surface area (Å²) in [5.41, 5.74) is 3.65. The van der Waals surface area contributed by atoms with Gasteiger partial charge < -0.3 is 19.4 Å². The first-order valence-corrected chi connectivity index (χ1v) is 14.8. The summed E-state index contributed by atoms with van der Waals surface area (Å²) < 4.78 is 7.99. The van der Waals surface area contributed by atoms with Crippen molar-refractivity contribution in [2.75, 3.05) is 5.32 Å². The molecule has 2 unspecified atom stereocenters. The quantitative estimate of drug-likeness (QED) is 0.174. The molecule has 5 aromatic rings. The van der Waals surface area contributed by atoms with Crippen molar-refractivity contribution in [1.82, 2.24) is 4.57 Å². The Bertz CT molecular complexity index is 1750. The molecule has 0 bridgehead atoms. The molecule has 0 radical (unpaired) electrons. The molecule has 2 N–H and O–H groups in total. The van der Waals surface area contributed by atoms with Gasteiger partial charge in [-0.15, -0.1) is 0 Å². The number of hydrogen-bond donors (Lipinski definition) is 2. The van der Waals surface area contributed by atoms with Crippen LogP contribution in [0.2, 0.25) is 0 Å². The van der Waals surface area contributed by atoms with Crippen molar-refractivity contribution in [2.24, 2.45) is 5.92 Å². The van der Waals surface area contributed by atoms with Crippen LogP contribution in [0.15, 0.2) is 106 Å². The highest BCUT2D eigenvalue weighted by Gasteiger charge is 2.37. The Morgan fingerprint density at radius 1 is 1.00 bits per heavy atom. The monoisotopic (exact) mass is 560 g/mol. The van der Waals surface area contributed by atoms with E-state index in [1.165, 1.54) is 0 Å². The van der Waals surface area contributed by atoms with E-state index in [2.05, 4.69) is 47.1 Å². The van der Waals surface area contributed by atoms with Gasteiger partial charge >= 0.3 is 5.63 Å². The van der Waals surface area contributed by atoms with E-state index in [0.29, 0.717) is 30.0 Å². The van der Waals surface area contributed by atoms with Gasteiger partial charge in [0.25, 0.3) is 0 Å². The molecular formula is C36H36N2O4. The van der Waals surface area contributed by atoms with Gasteiger partial charge in [0.15, 0.2) is 0 Å². The molecule has 2 aromatic heterocycles. The lowest BCUT2D eigenvalue weighted by Gasteiger charge is -2.20. The van der Waals surface area contributed by atoms with E-state index in [9.17, 15) is 14.7 Å². The van der Waals surface area contributed by atoms with Gasteiger partial charge in [-0.3, -0.25) is 4.79 Å². The van der Waals surface area contributed by atoms with E-state index in [0.717, 1.165) is 47.7 Å². The lowest BCUT2D eigenvalue weighted by Crippen LogP contribution is -2.18. The van der Waals surface area contributed by atoms with E-state index < -0.39 is 5.63 Å². The number of amides is 1. The van der Waals surface area contributed by atoms with Crippen LogP contribution in [0.4, 0.5) is 5.69 Å². The Kier molecular flexibility index (Phi) is 7.95. The highest BCUT2D eigenvalue weighted by atomic mass is 16.4. The molecule has 6 heteroatoms. The van der Waals surface area contributed by atoms with Crippen molar-refractivity contribution in [3.05, 3.63) is 130 Å². The Morgan fingerprint density at radius 3 is 2.55 bits per heavy atom. The van der Waals surface area contributed by atoms with Crippen LogP contribution in [0.5, 0.6) is 5.75 Å². The number of aromatic hydroxyl groups is 1. The van der Waals surface area contributed by atoms with Crippen LogP contribution in [0.1, 0.15) is 66.9 Å². The SMILES string of the molecule is CCC(Cc1ccccc1)c1cc(O)c(C(c2cccc(NC(=O)CCn3ccc4ccccc43)c2)C2CC2)c(=O)o1. The van der Waals surface area contributed by atoms with E-state index in [1.54, 1.807) is 6.07 Å². The summed E-state index contributed by atoms with van der Waals surface area (Å²) in [6.07, 6.45) is 5.80. The number of para-hydroxylation sites is 1. The third-order valence-corrected chi connectivity index (χ3v) is 8.40. The molecule has 0 aliphatic heterocycles. The number of rotatable bonds is 11. The molecule has 0 saturated heterocycles. The normalized spacial score (nSPS) is 14.5. The zero-order valence-electron chi connectivity index (χ0n) is 23.8. The van der Waals surface area contributed by atoms with Crippen LogP contribution in [-0.4, -0.2) is 15.6 Å². The first-order valence-electron chi connectivity index (χ1n) is 14.8. The van der Waals surface area contributed by atoms with Gasteiger partial charge in [0.05, 0.1) is 5.56 Å². The van der Waals surface area contributed by atoms with Gasteiger partial charge in [-0.1, -0.05) is 67.6 Å². The van der Waals surface area contributed by atoms with Crippen LogP contribution < -0.4 is 10.9 Å². The maximum absolute atomic E-state index is 13.4. The average molecular weight is 561 g/mol. The number of carbonyl (C=O) groups is 1. The second-order valence-electron chi connectivity index (χ2n) is 11.3. The summed E-state index contributed by atoms with van der Waals surface area (Å²) in [5, 5.41) is 15.4. The summed E-state index contributed by atoms with van der Waals surface area (Å²) >= 11 is 0. The van der Waals surface area contributed by atoms with E-state index in [4.69, 9.17) is 4.42 Å². The summed E-state index contributed by atoms with van der Waals surface area (Å²) in [6, 6.07) is 29.5. The molecule has 1 aliphatic carbocycles. The Hall–Kier alpha value is -4.58. The number of carbonyl (C=O) groups excluding carboxylic acids is 1. The van der Waals surface area contributed by atoms with Crippen LogP contribution in [-0.2, 0) is 17.8 Å². The van der Waals surface area contributed by atoms with Crippen molar-refractivity contribution in [3.63, 3.8) is 0 Å². The summed E-state index contributed by atoms with van der Waals surface area (Å²) in [4.78, 5) is 26.3. The first kappa shape index (κ1) is 27.6. The third kappa shape index (κ3) is 6.03. The second-order valence-corrected chi connectivity index (χ2v) is 11.3. The number of hydrogen-bond acceptors (Lipinski definition) is 4. The molecule has 6 nitrogen and oxygen atoms in total. The average Bonchev–Trinajstić information content (AvgIpc) is 3.75. The lowest BCUT2D eigenvalue weighted by atomic mass is 9.86. The number of anilines is 1. The zero-order chi connectivity index (χ0) is 29.1. The zero-order valence-corrected chi connectivity index (χ0v) is 23.8. The molecule has 0 spiro atoms. The smallest absolute Gasteiger partial charge is 0.343 e. The number of aryl methyl sites for hydroxylation is 1. The van der Waals surface area contributed by atoms with Crippen molar-refractivity contribution >= 4 is 22.5 Å². The Morgan fingerprint density at radius 2 is 1.79 bits per heavy atom. The number of nitrogens with one attached hydrogen (secondary N) is 1. The van der Waals surface area contributed by atoms with Gasteiger partial charge in [0, 0.05) is 48.3 Å². The fraction of sp³-hybridized carbons (Fsp3) is 0.278. The third-order valence-electron chi connectivity index (χ3n) is 8.40. The van der Waals surface area contributed by atoms with Crippen LogP contribution >= 0.6 is 0 Å². The highest BCUT2D eigenvalue weighted by Crippen LogP contribution is 2.48. The van der Waals surface area contributed by atoms with Gasteiger partial charge in [-0.2, -0.15) is 0 Å². The molecule has 6 rings (SSSR count). The standard InChI is InChI=1S/C36H36N2O4/c1-2-25(21-24-9-4-3-5-10-24)32-23-31(39)35(36(41)42-32)34(27-15-16-27)28-12-8-13-29(22-28)37-33(40)18-20-38-19-17-26-11-6-7-14-30(26)38/h3-14,17,19,22-23,25,27,34,39H,2,15-16,18,20-21H2,1H3,(H,37,40). The topological polar surface area (TPSA) is 84.5 Å². The van der Waals surface area contributed by atoms with Gasteiger partial charge in [0.1, 0.15) is 11.5 Å². The molecule has 2 atom stereocenters. The fourth-order valence-electron chi connectivity index (χ4n) is 6.04. The molecule has 214 valence electrons. The van der Waals surface area contributed by atoms with Gasteiger partial charge in [0.2, 0.25) is 5.91 Å².